The molecule has 1 fully saturated rings. The summed E-state index contributed by atoms with van der Waals surface area (Å²) < 4.78 is 5.44. The molecule has 0 radical (unpaired) electrons. The van der Waals surface area contributed by atoms with Gasteiger partial charge in [0.15, 0.2) is 0 Å². The Morgan fingerprint density at radius 3 is 2.75 bits per heavy atom. The van der Waals surface area contributed by atoms with Crippen molar-refractivity contribution >= 4 is 23.5 Å². The van der Waals surface area contributed by atoms with Crippen molar-refractivity contribution in [2.45, 2.75) is 19.3 Å². The molecule has 3 rings (SSSR count). The average molecular weight is 382 g/mol. The number of methoxy groups -OCH3 is 1. The molecule has 1 aliphatic heterocycles. The van der Waals surface area contributed by atoms with Crippen molar-refractivity contribution in [1.82, 2.24) is 5.43 Å². The summed E-state index contributed by atoms with van der Waals surface area (Å²) in [5.41, 5.74) is 4.50. The van der Waals surface area contributed by atoms with E-state index in [0.29, 0.717) is 11.3 Å². The van der Waals surface area contributed by atoms with Crippen LogP contribution >= 0.6 is 0 Å². The normalized spacial score (nSPS) is 13.7. The Balaban J connectivity index is 1.64. The first-order chi connectivity index (χ1) is 13.6. The van der Waals surface area contributed by atoms with E-state index in [1.165, 1.54) is 25.1 Å². The average Bonchev–Trinajstić information content (AvgIpc) is 3.23. The number of ether oxygens (including phenoxy) is 1. The number of nitrogens with zero attached hydrogens (tertiary/aromatic N) is 3. The molecule has 1 heterocycles. The van der Waals surface area contributed by atoms with Crippen molar-refractivity contribution in [2.24, 2.45) is 5.10 Å². The number of rotatable bonds is 7. The summed E-state index contributed by atoms with van der Waals surface area (Å²) in [4.78, 5) is 24.9. The van der Waals surface area contributed by atoms with Gasteiger partial charge in [0.05, 0.1) is 24.7 Å². The number of hydrogen-bond donors (Lipinski definition) is 1. The minimum absolute atomic E-state index is 0.0826. The van der Waals surface area contributed by atoms with Crippen LogP contribution in [0.1, 0.15) is 24.0 Å². The molecule has 0 saturated carbocycles. The van der Waals surface area contributed by atoms with Gasteiger partial charge < -0.3 is 9.64 Å². The number of hydrogen-bond acceptors (Lipinski definition) is 6. The van der Waals surface area contributed by atoms with Crippen molar-refractivity contribution < 1.29 is 14.5 Å². The van der Waals surface area contributed by atoms with Gasteiger partial charge >= 0.3 is 0 Å². The summed E-state index contributed by atoms with van der Waals surface area (Å²) in [5, 5.41) is 15.0. The molecule has 8 nitrogen and oxygen atoms in total. The Kier molecular flexibility index (Phi) is 6.21. The van der Waals surface area contributed by atoms with Gasteiger partial charge in [0.2, 0.25) is 5.91 Å². The zero-order chi connectivity index (χ0) is 19.9. The van der Waals surface area contributed by atoms with Gasteiger partial charge in [-0.25, -0.2) is 5.43 Å². The number of hydrazone groups is 1. The molecule has 0 aromatic heterocycles. The number of anilines is 1. The highest BCUT2D eigenvalue weighted by molar-refractivity contribution is 5.86. The smallest absolute Gasteiger partial charge is 0.273 e. The number of amides is 1. The Morgan fingerprint density at radius 1 is 1.29 bits per heavy atom. The predicted octanol–water partition coefficient (Wildman–Crippen LogP) is 2.90. The third-order valence-electron chi connectivity index (χ3n) is 4.62. The van der Waals surface area contributed by atoms with E-state index >= 15 is 0 Å². The van der Waals surface area contributed by atoms with Gasteiger partial charge in [0, 0.05) is 42.0 Å². The predicted molar refractivity (Wildman–Crippen MR) is 107 cm³/mol. The SMILES string of the molecule is COc1cc(N2CCCC2)ccc1/C=N/NC(=O)Cc1ccccc1[N+](=O)[O-]. The fourth-order valence-corrected chi connectivity index (χ4v) is 3.20. The molecule has 1 amide bonds. The molecule has 1 N–H and O–H groups in total. The second-order valence-electron chi connectivity index (χ2n) is 6.48. The van der Waals surface area contributed by atoms with Crippen molar-refractivity contribution in [3.8, 4) is 5.75 Å². The lowest BCUT2D eigenvalue weighted by Crippen LogP contribution is -2.20. The molecule has 1 aliphatic rings. The third-order valence-corrected chi connectivity index (χ3v) is 4.62. The van der Waals surface area contributed by atoms with Crippen molar-refractivity contribution in [2.75, 3.05) is 25.1 Å². The van der Waals surface area contributed by atoms with Crippen LogP contribution in [0.3, 0.4) is 0 Å². The van der Waals surface area contributed by atoms with Gasteiger partial charge in [0.1, 0.15) is 5.75 Å². The maximum absolute atomic E-state index is 12.1. The Hall–Kier alpha value is -3.42. The van der Waals surface area contributed by atoms with Gasteiger partial charge in [-0.1, -0.05) is 18.2 Å². The number of nitro groups is 1. The fourth-order valence-electron chi connectivity index (χ4n) is 3.20. The molecule has 0 aliphatic carbocycles. The lowest BCUT2D eigenvalue weighted by Gasteiger charge is -2.18. The van der Waals surface area contributed by atoms with Gasteiger partial charge in [-0.05, 0) is 25.0 Å². The minimum atomic E-state index is -0.501. The van der Waals surface area contributed by atoms with Crippen LogP contribution in [0, 0.1) is 10.1 Å². The van der Waals surface area contributed by atoms with Gasteiger partial charge in [-0.2, -0.15) is 5.10 Å². The Labute approximate surface area is 163 Å². The minimum Gasteiger partial charge on any atom is -0.496 e. The van der Waals surface area contributed by atoms with Crippen LogP contribution in [-0.2, 0) is 11.2 Å². The highest BCUT2D eigenvalue weighted by atomic mass is 16.6. The van der Waals surface area contributed by atoms with Crippen LogP contribution in [0.4, 0.5) is 11.4 Å². The van der Waals surface area contributed by atoms with Crippen LogP contribution in [-0.4, -0.2) is 37.2 Å². The first kappa shape index (κ1) is 19.3. The molecule has 0 unspecified atom stereocenters. The Bertz CT molecular complexity index is 892. The molecular formula is C20H22N4O4. The number of nitro benzene ring substituents is 1. The van der Waals surface area contributed by atoms with E-state index in [-0.39, 0.29) is 12.1 Å². The summed E-state index contributed by atoms with van der Waals surface area (Å²) in [6, 6.07) is 12.0. The molecule has 2 aromatic rings. The Morgan fingerprint density at radius 2 is 2.04 bits per heavy atom. The lowest BCUT2D eigenvalue weighted by atomic mass is 10.1. The van der Waals surface area contributed by atoms with Crippen LogP contribution in [0.25, 0.3) is 0 Å². The summed E-state index contributed by atoms with van der Waals surface area (Å²) in [6.45, 7) is 2.08. The quantitative estimate of drug-likeness (QED) is 0.451. The van der Waals surface area contributed by atoms with Gasteiger partial charge in [-0.15, -0.1) is 0 Å². The lowest BCUT2D eigenvalue weighted by molar-refractivity contribution is -0.385. The van der Waals surface area contributed by atoms with E-state index in [1.54, 1.807) is 25.3 Å². The van der Waals surface area contributed by atoms with E-state index in [4.69, 9.17) is 4.74 Å². The van der Waals surface area contributed by atoms with Crippen LogP contribution in [0.5, 0.6) is 5.75 Å². The molecule has 0 atom stereocenters. The number of carbonyl (C=O) groups is 1. The highest BCUT2D eigenvalue weighted by Gasteiger charge is 2.16. The summed E-state index contributed by atoms with van der Waals surface area (Å²) in [6.07, 6.45) is 3.76. The van der Waals surface area contributed by atoms with E-state index < -0.39 is 10.8 Å². The number of carbonyl (C=O) groups excluding carboxylic acids is 1. The molecule has 2 aromatic carbocycles. The highest BCUT2D eigenvalue weighted by Crippen LogP contribution is 2.27. The first-order valence-corrected chi connectivity index (χ1v) is 9.05. The van der Waals surface area contributed by atoms with Gasteiger partial charge in [-0.3, -0.25) is 14.9 Å². The first-order valence-electron chi connectivity index (χ1n) is 9.05. The standard InChI is InChI=1S/C20H22N4O4/c1-28-19-13-17(23-10-4-5-11-23)9-8-16(19)14-21-22-20(25)12-15-6-2-3-7-18(15)24(26)27/h2-3,6-9,13-14H,4-5,10-12H2,1H3,(H,22,25)/b21-14+. The molecule has 8 heteroatoms. The third kappa shape index (κ3) is 4.64. The number of nitrogens with one attached hydrogen (secondary N) is 1. The summed E-state index contributed by atoms with van der Waals surface area (Å²) >= 11 is 0. The van der Waals surface area contributed by atoms with Crippen molar-refractivity contribution in [3.05, 3.63) is 63.7 Å². The van der Waals surface area contributed by atoms with E-state index in [0.717, 1.165) is 24.3 Å². The van der Waals surface area contributed by atoms with E-state index in [1.807, 2.05) is 18.2 Å². The monoisotopic (exact) mass is 382 g/mol. The number of para-hydroxylation sites is 1. The maximum atomic E-state index is 12.1. The van der Waals surface area contributed by atoms with Crippen molar-refractivity contribution in [1.29, 1.82) is 0 Å². The van der Waals surface area contributed by atoms with Crippen LogP contribution in [0.2, 0.25) is 0 Å². The van der Waals surface area contributed by atoms with Crippen LogP contribution in [0.15, 0.2) is 47.6 Å². The molecular weight excluding hydrogens is 360 g/mol. The maximum Gasteiger partial charge on any atom is 0.273 e. The van der Waals surface area contributed by atoms with Gasteiger partial charge in [0.25, 0.3) is 5.69 Å². The summed E-state index contributed by atoms with van der Waals surface area (Å²) in [7, 11) is 1.59. The number of benzene rings is 2. The summed E-state index contributed by atoms with van der Waals surface area (Å²) in [5.74, 6) is 0.235. The second-order valence-corrected chi connectivity index (χ2v) is 6.48. The molecule has 0 spiro atoms. The molecule has 28 heavy (non-hydrogen) atoms. The largest absolute Gasteiger partial charge is 0.496 e. The van der Waals surface area contributed by atoms with E-state index in [2.05, 4.69) is 15.4 Å². The molecule has 146 valence electrons. The fraction of sp³-hybridized carbons (Fsp3) is 0.300. The van der Waals surface area contributed by atoms with Crippen molar-refractivity contribution in [3.63, 3.8) is 0 Å². The van der Waals surface area contributed by atoms with E-state index in [9.17, 15) is 14.9 Å². The molecule has 1 saturated heterocycles. The topological polar surface area (TPSA) is 97.1 Å². The molecule has 0 bridgehead atoms. The zero-order valence-electron chi connectivity index (χ0n) is 15.6. The second kappa shape index (κ2) is 8.98. The van der Waals surface area contributed by atoms with Crippen LogP contribution < -0.4 is 15.1 Å². The zero-order valence-corrected chi connectivity index (χ0v) is 15.6.